The Labute approximate surface area is 91.9 Å². The summed E-state index contributed by atoms with van der Waals surface area (Å²) in [7, 11) is 0. The fourth-order valence-electron chi connectivity index (χ4n) is 1.57. The Balaban J connectivity index is 3.05. The van der Waals surface area contributed by atoms with Gasteiger partial charge in [0.05, 0.1) is 6.42 Å². The highest BCUT2D eigenvalue weighted by Gasteiger charge is 2.22. The van der Waals surface area contributed by atoms with Crippen molar-refractivity contribution in [3.63, 3.8) is 0 Å². The Morgan fingerprint density at radius 3 is 2.56 bits per heavy atom. The normalized spacial score (nSPS) is 14.5. The molecule has 2 atom stereocenters. The molecule has 0 aliphatic rings. The molecule has 0 spiro atoms. The number of hydrogen-bond donors (Lipinski definition) is 2. The van der Waals surface area contributed by atoms with Crippen LogP contribution in [0.2, 0.25) is 0 Å². The molecule has 1 aromatic carbocycles. The highest BCUT2D eigenvalue weighted by molar-refractivity contribution is 5.68. The van der Waals surface area contributed by atoms with Gasteiger partial charge in [-0.25, -0.2) is 8.78 Å². The van der Waals surface area contributed by atoms with Crippen LogP contribution in [0.4, 0.5) is 8.78 Å². The number of aliphatic carboxylic acids is 1. The lowest BCUT2D eigenvalue weighted by Gasteiger charge is -2.19. The number of carboxylic acid groups (broad SMARTS) is 1. The maximum absolute atomic E-state index is 13.4. The van der Waals surface area contributed by atoms with E-state index in [0.29, 0.717) is 0 Å². The smallest absolute Gasteiger partial charge is 0.304 e. The van der Waals surface area contributed by atoms with E-state index in [2.05, 4.69) is 0 Å². The quantitative estimate of drug-likeness (QED) is 0.828. The van der Waals surface area contributed by atoms with Crippen LogP contribution in [0.3, 0.4) is 0 Å². The summed E-state index contributed by atoms with van der Waals surface area (Å²) in [6.45, 7) is 1.59. The Hall–Kier alpha value is -1.49. The first-order valence-corrected chi connectivity index (χ1v) is 4.84. The maximum atomic E-state index is 13.4. The molecule has 0 radical (unpaired) electrons. The van der Waals surface area contributed by atoms with Crippen LogP contribution in [-0.2, 0) is 4.79 Å². The molecule has 0 aliphatic carbocycles. The van der Waals surface area contributed by atoms with E-state index in [-0.39, 0.29) is 12.0 Å². The van der Waals surface area contributed by atoms with E-state index in [0.717, 1.165) is 12.1 Å². The predicted octanol–water partition coefficient (Wildman–Crippen LogP) is 1.87. The SMILES string of the molecule is CC(N)C(CC(=O)O)c1ccc(F)cc1F. The van der Waals surface area contributed by atoms with Gasteiger partial charge in [0.1, 0.15) is 11.6 Å². The average Bonchev–Trinajstić information content (AvgIpc) is 2.14. The highest BCUT2D eigenvalue weighted by atomic mass is 19.1. The Bertz CT molecular complexity index is 394. The first-order chi connectivity index (χ1) is 7.41. The average molecular weight is 229 g/mol. The molecule has 88 valence electrons. The minimum absolute atomic E-state index is 0.138. The number of carboxylic acids is 1. The fraction of sp³-hybridized carbons (Fsp3) is 0.364. The minimum Gasteiger partial charge on any atom is -0.481 e. The highest BCUT2D eigenvalue weighted by Crippen LogP contribution is 2.25. The third-order valence-electron chi connectivity index (χ3n) is 2.39. The van der Waals surface area contributed by atoms with Gasteiger partial charge >= 0.3 is 5.97 Å². The summed E-state index contributed by atoms with van der Waals surface area (Å²) in [6.07, 6.45) is -0.278. The van der Waals surface area contributed by atoms with Crippen molar-refractivity contribution in [3.8, 4) is 0 Å². The van der Waals surface area contributed by atoms with Crippen LogP contribution in [0.5, 0.6) is 0 Å². The second-order valence-electron chi connectivity index (χ2n) is 3.73. The number of benzene rings is 1. The first kappa shape index (κ1) is 12.6. The van der Waals surface area contributed by atoms with Crippen molar-refractivity contribution in [2.45, 2.75) is 25.3 Å². The number of rotatable bonds is 4. The summed E-state index contributed by atoms with van der Waals surface area (Å²) >= 11 is 0. The van der Waals surface area contributed by atoms with Gasteiger partial charge in [0, 0.05) is 18.0 Å². The Morgan fingerprint density at radius 2 is 2.12 bits per heavy atom. The zero-order valence-electron chi connectivity index (χ0n) is 8.78. The van der Waals surface area contributed by atoms with Crippen LogP contribution in [0.15, 0.2) is 18.2 Å². The van der Waals surface area contributed by atoms with E-state index in [1.54, 1.807) is 6.92 Å². The fourth-order valence-corrected chi connectivity index (χ4v) is 1.57. The van der Waals surface area contributed by atoms with Crippen LogP contribution in [0.25, 0.3) is 0 Å². The van der Waals surface area contributed by atoms with Crippen LogP contribution in [0.1, 0.15) is 24.8 Å². The van der Waals surface area contributed by atoms with Gasteiger partial charge in [0.2, 0.25) is 0 Å². The summed E-state index contributed by atoms with van der Waals surface area (Å²) in [5, 5.41) is 8.69. The molecule has 5 heteroatoms. The summed E-state index contributed by atoms with van der Waals surface area (Å²) in [6, 6.07) is 2.54. The Kier molecular flexibility index (Phi) is 3.95. The van der Waals surface area contributed by atoms with Crippen molar-refractivity contribution in [3.05, 3.63) is 35.4 Å². The van der Waals surface area contributed by atoms with Gasteiger partial charge < -0.3 is 10.8 Å². The molecule has 1 aromatic rings. The summed E-state index contributed by atoms with van der Waals surface area (Å²) in [5.74, 6) is -3.17. The van der Waals surface area contributed by atoms with E-state index in [1.807, 2.05) is 0 Å². The zero-order chi connectivity index (χ0) is 12.3. The lowest BCUT2D eigenvalue weighted by Crippen LogP contribution is -2.27. The first-order valence-electron chi connectivity index (χ1n) is 4.84. The monoisotopic (exact) mass is 229 g/mol. The van der Waals surface area contributed by atoms with Crippen molar-refractivity contribution >= 4 is 5.97 Å². The van der Waals surface area contributed by atoms with Crippen LogP contribution < -0.4 is 5.73 Å². The minimum atomic E-state index is -1.06. The van der Waals surface area contributed by atoms with E-state index < -0.39 is 29.6 Å². The number of halogens is 2. The Morgan fingerprint density at radius 1 is 1.50 bits per heavy atom. The van der Waals surface area contributed by atoms with Gasteiger partial charge in [-0.05, 0) is 18.6 Å². The molecule has 1 rings (SSSR count). The van der Waals surface area contributed by atoms with Crippen molar-refractivity contribution < 1.29 is 18.7 Å². The molecule has 3 N–H and O–H groups in total. The molecule has 2 unspecified atom stereocenters. The summed E-state index contributed by atoms with van der Waals surface area (Å²) in [5.41, 5.74) is 5.74. The lowest BCUT2D eigenvalue weighted by atomic mass is 9.89. The van der Waals surface area contributed by atoms with Crippen LogP contribution in [0, 0.1) is 11.6 Å². The summed E-state index contributed by atoms with van der Waals surface area (Å²) < 4.78 is 26.1. The van der Waals surface area contributed by atoms with Crippen LogP contribution in [-0.4, -0.2) is 17.1 Å². The largest absolute Gasteiger partial charge is 0.481 e. The lowest BCUT2D eigenvalue weighted by molar-refractivity contribution is -0.137. The number of hydrogen-bond acceptors (Lipinski definition) is 2. The maximum Gasteiger partial charge on any atom is 0.304 e. The van der Waals surface area contributed by atoms with E-state index in [4.69, 9.17) is 10.8 Å². The molecular formula is C11H13F2NO2. The standard InChI is InChI=1S/C11H13F2NO2/c1-6(14)9(5-11(15)16)8-3-2-7(12)4-10(8)13/h2-4,6,9H,5,14H2,1H3,(H,15,16). The van der Waals surface area contributed by atoms with E-state index in [9.17, 15) is 13.6 Å². The topological polar surface area (TPSA) is 63.3 Å². The predicted molar refractivity (Wildman–Crippen MR) is 55.0 cm³/mol. The second-order valence-corrected chi connectivity index (χ2v) is 3.73. The molecule has 3 nitrogen and oxygen atoms in total. The summed E-state index contributed by atoms with van der Waals surface area (Å²) in [4.78, 5) is 10.6. The van der Waals surface area contributed by atoms with Gasteiger partial charge in [-0.2, -0.15) is 0 Å². The molecule has 0 saturated carbocycles. The molecular weight excluding hydrogens is 216 g/mol. The van der Waals surface area contributed by atoms with E-state index in [1.165, 1.54) is 6.07 Å². The number of carbonyl (C=O) groups is 1. The van der Waals surface area contributed by atoms with Gasteiger partial charge in [-0.15, -0.1) is 0 Å². The molecule has 0 saturated heterocycles. The van der Waals surface area contributed by atoms with Crippen molar-refractivity contribution in [1.82, 2.24) is 0 Å². The molecule has 0 amide bonds. The van der Waals surface area contributed by atoms with Gasteiger partial charge in [-0.1, -0.05) is 6.07 Å². The van der Waals surface area contributed by atoms with E-state index >= 15 is 0 Å². The van der Waals surface area contributed by atoms with Crippen molar-refractivity contribution in [2.24, 2.45) is 5.73 Å². The van der Waals surface area contributed by atoms with Crippen LogP contribution >= 0.6 is 0 Å². The van der Waals surface area contributed by atoms with Gasteiger partial charge in [0.25, 0.3) is 0 Å². The van der Waals surface area contributed by atoms with Crippen molar-refractivity contribution in [2.75, 3.05) is 0 Å². The van der Waals surface area contributed by atoms with Gasteiger partial charge in [-0.3, -0.25) is 4.79 Å². The third-order valence-corrected chi connectivity index (χ3v) is 2.39. The molecule has 16 heavy (non-hydrogen) atoms. The van der Waals surface area contributed by atoms with Gasteiger partial charge in [0.15, 0.2) is 0 Å². The molecule has 0 aromatic heterocycles. The van der Waals surface area contributed by atoms with Crippen molar-refractivity contribution in [1.29, 1.82) is 0 Å². The zero-order valence-corrected chi connectivity index (χ0v) is 8.78. The third kappa shape index (κ3) is 3.00. The molecule has 0 heterocycles. The molecule has 0 aliphatic heterocycles. The molecule has 0 bridgehead atoms. The molecule has 0 fully saturated rings. The number of nitrogens with two attached hydrogens (primary N) is 1. The second kappa shape index (κ2) is 5.03.